The molecular formula is C13H13IN2O. The van der Waals surface area contributed by atoms with E-state index >= 15 is 0 Å². The Hall–Kier alpha value is -1.30. The van der Waals surface area contributed by atoms with Crippen LogP contribution < -0.4 is 10.5 Å². The second kappa shape index (κ2) is 5.86. The van der Waals surface area contributed by atoms with Gasteiger partial charge in [0.25, 0.3) is 0 Å². The SMILES string of the molecule is Nc1cc(I)ccc1OCCc1ccccn1. The van der Waals surface area contributed by atoms with Gasteiger partial charge < -0.3 is 10.5 Å². The maximum Gasteiger partial charge on any atom is 0.142 e. The Kier molecular flexibility index (Phi) is 4.19. The third-order valence-electron chi connectivity index (χ3n) is 2.31. The van der Waals surface area contributed by atoms with Crippen molar-refractivity contribution >= 4 is 28.3 Å². The van der Waals surface area contributed by atoms with E-state index in [2.05, 4.69) is 27.6 Å². The molecule has 2 rings (SSSR count). The first kappa shape index (κ1) is 12.2. The Morgan fingerprint density at radius 3 is 2.82 bits per heavy atom. The van der Waals surface area contributed by atoms with Crippen LogP contribution in [-0.4, -0.2) is 11.6 Å². The first-order valence-electron chi connectivity index (χ1n) is 5.33. The second-order valence-electron chi connectivity index (χ2n) is 3.60. The fourth-order valence-corrected chi connectivity index (χ4v) is 1.98. The van der Waals surface area contributed by atoms with Crippen molar-refractivity contribution in [3.05, 3.63) is 51.9 Å². The van der Waals surface area contributed by atoms with E-state index in [1.165, 1.54) is 0 Å². The van der Waals surface area contributed by atoms with Gasteiger partial charge in [0.2, 0.25) is 0 Å². The molecule has 1 heterocycles. The lowest BCUT2D eigenvalue weighted by Crippen LogP contribution is -2.04. The zero-order valence-electron chi connectivity index (χ0n) is 9.27. The highest BCUT2D eigenvalue weighted by molar-refractivity contribution is 14.1. The van der Waals surface area contributed by atoms with Gasteiger partial charge in [0.1, 0.15) is 5.75 Å². The second-order valence-corrected chi connectivity index (χ2v) is 4.85. The Bertz CT molecular complexity index is 488. The van der Waals surface area contributed by atoms with Crippen molar-refractivity contribution in [2.45, 2.75) is 6.42 Å². The largest absolute Gasteiger partial charge is 0.491 e. The average Bonchev–Trinajstić information content (AvgIpc) is 2.33. The van der Waals surface area contributed by atoms with Crippen LogP contribution >= 0.6 is 22.6 Å². The molecule has 0 radical (unpaired) electrons. The van der Waals surface area contributed by atoms with E-state index in [0.717, 1.165) is 21.4 Å². The van der Waals surface area contributed by atoms with Crippen molar-refractivity contribution in [3.63, 3.8) is 0 Å². The maximum absolute atomic E-state index is 5.86. The number of hydrogen-bond acceptors (Lipinski definition) is 3. The summed E-state index contributed by atoms with van der Waals surface area (Å²) >= 11 is 2.22. The molecule has 0 aliphatic heterocycles. The smallest absolute Gasteiger partial charge is 0.142 e. The molecule has 0 spiro atoms. The van der Waals surface area contributed by atoms with Crippen LogP contribution in [0.5, 0.6) is 5.75 Å². The minimum Gasteiger partial charge on any atom is -0.491 e. The number of halogens is 1. The lowest BCUT2D eigenvalue weighted by molar-refractivity contribution is 0.322. The van der Waals surface area contributed by atoms with Crippen molar-refractivity contribution in [1.29, 1.82) is 0 Å². The highest BCUT2D eigenvalue weighted by Gasteiger charge is 2.01. The zero-order chi connectivity index (χ0) is 12.1. The van der Waals surface area contributed by atoms with Crippen LogP contribution in [-0.2, 0) is 6.42 Å². The van der Waals surface area contributed by atoms with Crippen molar-refractivity contribution in [2.75, 3.05) is 12.3 Å². The topological polar surface area (TPSA) is 48.1 Å². The fourth-order valence-electron chi connectivity index (χ4n) is 1.46. The fraction of sp³-hybridized carbons (Fsp3) is 0.154. The molecular weight excluding hydrogens is 327 g/mol. The molecule has 1 aromatic heterocycles. The summed E-state index contributed by atoms with van der Waals surface area (Å²) in [5, 5.41) is 0. The van der Waals surface area contributed by atoms with E-state index in [1.54, 1.807) is 6.20 Å². The molecule has 0 atom stereocenters. The van der Waals surface area contributed by atoms with E-state index in [4.69, 9.17) is 10.5 Å². The molecule has 0 aliphatic carbocycles. The molecule has 88 valence electrons. The van der Waals surface area contributed by atoms with Gasteiger partial charge in [-0.2, -0.15) is 0 Å². The molecule has 3 nitrogen and oxygen atoms in total. The van der Waals surface area contributed by atoms with Crippen LogP contribution in [0.3, 0.4) is 0 Å². The van der Waals surface area contributed by atoms with Crippen molar-refractivity contribution < 1.29 is 4.74 Å². The quantitative estimate of drug-likeness (QED) is 0.688. The van der Waals surface area contributed by atoms with E-state index < -0.39 is 0 Å². The van der Waals surface area contributed by atoms with Crippen LogP contribution in [0, 0.1) is 3.57 Å². The van der Waals surface area contributed by atoms with Gasteiger partial charge in [-0.05, 0) is 52.9 Å². The standard InChI is InChI=1S/C13H13IN2O/c14-10-4-5-13(12(15)9-10)17-8-6-11-3-1-2-7-16-11/h1-5,7,9H,6,8,15H2. The van der Waals surface area contributed by atoms with Crippen LogP contribution in [0.1, 0.15) is 5.69 Å². The van der Waals surface area contributed by atoms with Crippen LogP contribution in [0.15, 0.2) is 42.6 Å². The normalized spacial score (nSPS) is 10.2. The molecule has 0 amide bonds. The molecule has 0 saturated carbocycles. The third kappa shape index (κ3) is 3.59. The predicted octanol–water partition coefficient (Wildman–Crippen LogP) is 2.89. The maximum atomic E-state index is 5.86. The minimum absolute atomic E-state index is 0.585. The predicted molar refractivity (Wildman–Crippen MR) is 77.0 cm³/mol. The Balaban J connectivity index is 1.90. The summed E-state index contributed by atoms with van der Waals surface area (Å²) in [4.78, 5) is 4.23. The number of nitrogens with zero attached hydrogens (tertiary/aromatic N) is 1. The Labute approximate surface area is 114 Å². The van der Waals surface area contributed by atoms with Gasteiger partial charge in [0, 0.05) is 21.9 Å². The van der Waals surface area contributed by atoms with Crippen molar-refractivity contribution in [2.24, 2.45) is 0 Å². The van der Waals surface area contributed by atoms with Crippen molar-refractivity contribution in [1.82, 2.24) is 4.98 Å². The van der Waals surface area contributed by atoms with E-state index in [-0.39, 0.29) is 0 Å². The van der Waals surface area contributed by atoms with Crippen molar-refractivity contribution in [3.8, 4) is 5.75 Å². The molecule has 0 aliphatic rings. The average molecular weight is 340 g/mol. The molecule has 0 saturated heterocycles. The highest BCUT2D eigenvalue weighted by Crippen LogP contribution is 2.23. The monoisotopic (exact) mass is 340 g/mol. The summed E-state index contributed by atoms with van der Waals surface area (Å²) in [5.74, 6) is 0.737. The summed E-state index contributed by atoms with van der Waals surface area (Å²) in [6, 6.07) is 11.6. The number of nitrogens with two attached hydrogens (primary N) is 1. The van der Waals surface area contributed by atoms with E-state index in [9.17, 15) is 0 Å². The van der Waals surface area contributed by atoms with E-state index in [0.29, 0.717) is 12.3 Å². The van der Waals surface area contributed by atoms with Gasteiger partial charge in [-0.3, -0.25) is 4.98 Å². The van der Waals surface area contributed by atoms with E-state index in [1.807, 2.05) is 36.4 Å². The molecule has 17 heavy (non-hydrogen) atoms. The number of pyridine rings is 1. The molecule has 0 fully saturated rings. The summed E-state index contributed by atoms with van der Waals surface area (Å²) < 4.78 is 6.74. The minimum atomic E-state index is 0.585. The molecule has 1 aromatic carbocycles. The molecule has 0 unspecified atom stereocenters. The van der Waals surface area contributed by atoms with Gasteiger partial charge in [0.15, 0.2) is 0 Å². The molecule has 2 aromatic rings. The lowest BCUT2D eigenvalue weighted by atomic mass is 10.3. The lowest BCUT2D eigenvalue weighted by Gasteiger charge is -2.08. The summed E-state index contributed by atoms with van der Waals surface area (Å²) in [7, 11) is 0. The summed E-state index contributed by atoms with van der Waals surface area (Å²) in [5.41, 5.74) is 7.56. The zero-order valence-corrected chi connectivity index (χ0v) is 11.4. The number of anilines is 1. The third-order valence-corrected chi connectivity index (χ3v) is 2.98. The molecule has 0 bridgehead atoms. The van der Waals surface area contributed by atoms with Gasteiger partial charge in [-0.25, -0.2) is 0 Å². The van der Waals surface area contributed by atoms with Gasteiger partial charge in [-0.15, -0.1) is 0 Å². The van der Waals surface area contributed by atoms with Crippen LogP contribution in [0.2, 0.25) is 0 Å². The molecule has 2 N–H and O–H groups in total. The number of aromatic nitrogens is 1. The first-order valence-corrected chi connectivity index (χ1v) is 6.41. The van der Waals surface area contributed by atoms with Crippen LogP contribution in [0.25, 0.3) is 0 Å². The number of ether oxygens (including phenoxy) is 1. The summed E-state index contributed by atoms with van der Waals surface area (Å²) in [6.45, 7) is 0.585. The summed E-state index contributed by atoms with van der Waals surface area (Å²) in [6.07, 6.45) is 2.57. The van der Waals surface area contributed by atoms with Gasteiger partial charge >= 0.3 is 0 Å². The number of benzene rings is 1. The number of nitrogen functional groups attached to an aromatic ring is 1. The number of rotatable bonds is 4. The van der Waals surface area contributed by atoms with Gasteiger partial charge in [0.05, 0.1) is 12.3 Å². The Morgan fingerprint density at radius 2 is 2.12 bits per heavy atom. The number of hydrogen-bond donors (Lipinski definition) is 1. The highest BCUT2D eigenvalue weighted by atomic mass is 127. The van der Waals surface area contributed by atoms with Crippen LogP contribution in [0.4, 0.5) is 5.69 Å². The van der Waals surface area contributed by atoms with Gasteiger partial charge in [-0.1, -0.05) is 6.07 Å². The first-order chi connectivity index (χ1) is 8.25. The Morgan fingerprint density at radius 1 is 1.24 bits per heavy atom. The molecule has 4 heteroatoms.